The first-order valence-electron chi connectivity index (χ1n) is 18.7. The Bertz CT molecular complexity index is 1970. The largest absolute Gasteiger partial charge is 0.459 e. The van der Waals surface area contributed by atoms with Crippen LogP contribution in [0.15, 0.2) is 133 Å². The number of nitrogens with one attached hydrogen (secondary N) is 1. The van der Waals surface area contributed by atoms with Gasteiger partial charge in [0.05, 0.1) is 13.2 Å². The Morgan fingerprint density at radius 2 is 1.26 bits per heavy atom. The summed E-state index contributed by atoms with van der Waals surface area (Å²) in [5.41, 5.74) is 7.16. The summed E-state index contributed by atoms with van der Waals surface area (Å²) < 4.78 is 17.9. The van der Waals surface area contributed by atoms with Gasteiger partial charge in [-0.25, -0.2) is 14.4 Å². The molecule has 1 aliphatic carbocycles. The minimum Gasteiger partial charge on any atom is -0.459 e. The lowest BCUT2D eigenvalue weighted by Crippen LogP contribution is -2.53. The fourth-order valence-electron chi connectivity index (χ4n) is 6.60. The molecule has 0 aromatic heterocycles. The molecule has 1 aliphatic rings. The van der Waals surface area contributed by atoms with E-state index < -0.39 is 30.1 Å². The highest BCUT2D eigenvalue weighted by Gasteiger charge is 2.31. The average molecular weight is 725 g/mol. The molecular weight excluding hydrogens is 677 g/mol. The Labute approximate surface area is 318 Å². The van der Waals surface area contributed by atoms with Crippen LogP contribution in [0.3, 0.4) is 0 Å². The van der Waals surface area contributed by atoms with Gasteiger partial charge in [0, 0.05) is 13.0 Å². The van der Waals surface area contributed by atoms with Crippen molar-refractivity contribution >= 4 is 18.0 Å². The van der Waals surface area contributed by atoms with Crippen molar-refractivity contribution in [2.75, 3.05) is 13.1 Å². The molecule has 54 heavy (non-hydrogen) atoms. The molecule has 0 heterocycles. The summed E-state index contributed by atoms with van der Waals surface area (Å²) in [6, 6.07) is 41.2. The Morgan fingerprint density at radius 3 is 1.93 bits per heavy atom. The highest BCUT2D eigenvalue weighted by atomic mass is 16.6. The van der Waals surface area contributed by atoms with Gasteiger partial charge in [0.1, 0.15) is 18.4 Å². The van der Waals surface area contributed by atoms with E-state index in [0.29, 0.717) is 12.3 Å². The first-order valence-corrected chi connectivity index (χ1v) is 18.7. The van der Waals surface area contributed by atoms with Gasteiger partial charge in [0.25, 0.3) is 0 Å². The molecule has 8 heteroatoms. The van der Waals surface area contributed by atoms with Gasteiger partial charge in [-0.2, -0.15) is 0 Å². The number of urea groups is 1. The number of benzene rings is 5. The lowest BCUT2D eigenvalue weighted by molar-refractivity contribution is -0.150. The van der Waals surface area contributed by atoms with E-state index >= 15 is 0 Å². The maximum Gasteiger partial charge on any atom is 0.342 e. The number of hydrogen-bond donors (Lipinski definition) is 1. The van der Waals surface area contributed by atoms with Gasteiger partial charge in [-0.05, 0) is 76.3 Å². The van der Waals surface area contributed by atoms with Gasteiger partial charge < -0.3 is 24.4 Å². The monoisotopic (exact) mass is 724 g/mol. The van der Waals surface area contributed by atoms with Crippen LogP contribution in [0.2, 0.25) is 0 Å². The van der Waals surface area contributed by atoms with Gasteiger partial charge in [0.15, 0.2) is 6.10 Å². The Balaban J connectivity index is 1.21. The maximum absolute atomic E-state index is 14.2. The topological polar surface area (TPSA) is 94.2 Å². The molecule has 8 nitrogen and oxygen atoms in total. The summed E-state index contributed by atoms with van der Waals surface area (Å²) in [6.45, 7) is 4.42. The summed E-state index contributed by atoms with van der Waals surface area (Å²) in [7, 11) is 0. The second-order valence-electron chi connectivity index (χ2n) is 14.2. The van der Waals surface area contributed by atoms with E-state index in [2.05, 4.69) is 5.32 Å². The van der Waals surface area contributed by atoms with E-state index in [1.54, 1.807) is 0 Å². The van der Waals surface area contributed by atoms with Crippen LogP contribution >= 0.6 is 0 Å². The number of nitrogens with zero attached hydrogens (tertiary/aromatic N) is 1. The van der Waals surface area contributed by atoms with Crippen LogP contribution < -0.4 is 10.1 Å². The molecule has 0 aliphatic heterocycles. The number of ether oxygens (including phenoxy) is 3. The van der Waals surface area contributed by atoms with Gasteiger partial charge in [-0.3, -0.25) is 0 Å². The normalized spacial score (nSPS) is 13.1. The lowest BCUT2D eigenvalue weighted by atomic mass is 10.0. The highest BCUT2D eigenvalue weighted by molar-refractivity contribution is 5.85. The second kappa shape index (κ2) is 18.9. The number of carbonyl (C=O) groups excluding carboxylic acids is 3. The molecule has 0 bridgehead atoms. The van der Waals surface area contributed by atoms with Crippen molar-refractivity contribution in [2.45, 2.75) is 64.9 Å². The standard InChI is InChI=1S/C46H48N2O6/c1-33(2)29-48(30-43(52-31-35-13-6-3-7-14-35)45(50)54-41-26-25-38-19-12-20-40(38)28-41)46(51)47-42(44(49)53-32-36-15-8-4-9-16-36)27-34-21-23-39(24-22-34)37-17-10-5-11-18-37/h3-11,13-18,21-26,28,33,42-43H,12,19-20,27,29-32H2,1-2H3,(H,47,51)/t42-,43?/m0/s1. The van der Waals surface area contributed by atoms with Crippen molar-refractivity contribution in [3.05, 3.63) is 161 Å². The van der Waals surface area contributed by atoms with E-state index in [0.717, 1.165) is 47.1 Å². The quantitative estimate of drug-likeness (QED) is 0.0813. The molecule has 5 aromatic rings. The molecule has 1 N–H and O–H groups in total. The Kier molecular flexibility index (Phi) is 13.3. The van der Waals surface area contributed by atoms with Crippen LogP contribution in [-0.4, -0.2) is 48.1 Å². The highest BCUT2D eigenvalue weighted by Crippen LogP contribution is 2.27. The number of hydrogen-bond acceptors (Lipinski definition) is 6. The van der Waals surface area contributed by atoms with E-state index in [4.69, 9.17) is 14.2 Å². The van der Waals surface area contributed by atoms with E-state index in [1.807, 2.05) is 147 Å². The van der Waals surface area contributed by atoms with Crippen molar-refractivity contribution in [1.82, 2.24) is 10.2 Å². The summed E-state index contributed by atoms with van der Waals surface area (Å²) >= 11 is 0. The number of aryl methyl sites for hydroxylation is 2. The zero-order valence-corrected chi connectivity index (χ0v) is 31.0. The third kappa shape index (κ3) is 10.9. The summed E-state index contributed by atoms with van der Waals surface area (Å²) in [6.07, 6.45) is 2.15. The molecule has 2 atom stereocenters. The number of fused-ring (bicyclic) bond motifs is 1. The van der Waals surface area contributed by atoms with Gasteiger partial charge in [-0.1, -0.05) is 135 Å². The molecule has 2 amide bonds. The van der Waals surface area contributed by atoms with Crippen LogP contribution in [-0.2, 0) is 51.5 Å². The number of esters is 2. The minimum absolute atomic E-state index is 0.0484. The molecule has 0 spiro atoms. The Morgan fingerprint density at radius 1 is 0.648 bits per heavy atom. The molecule has 1 unspecified atom stereocenters. The fraction of sp³-hybridized carbons (Fsp3) is 0.283. The van der Waals surface area contributed by atoms with Crippen molar-refractivity contribution in [3.63, 3.8) is 0 Å². The molecule has 5 aromatic carbocycles. The van der Waals surface area contributed by atoms with Crippen LogP contribution in [0.25, 0.3) is 11.1 Å². The van der Waals surface area contributed by atoms with Crippen molar-refractivity contribution < 1.29 is 28.6 Å². The van der Waals surface area contributed by atoms with E-state index in [-0.39, 0.29) is 32.1 Å². The minimum atomic E-state index is -1.10. The molecule has 0 fully saturated rings. The Hall–Kier alpha value is -5.73. The summed E-state index contributed by atoms with van der Waals surface area (Å²) in [5, 5.41) is 2.95. The third-order valence-electron chi connectivity index (χ3n) is 9.41. The summed E-state index contributed by atoms with van der Waals surface area (Å²) in [5.74, 6) is -0.653. The zero-order chi connectivity index (χ0) is 37.7. The number of amides is 2. The van der Waals surface area contributed by atoms with E-state index in [9.17, 15) is 14.4 Å². The maximum atomic E-state index is 14.2. The number of carbonyl (C=O) groups is 3. The van der Waals surface area contributed by atoms with Crippen molar-refractivity contribution in [3.8, 4) is 16.9 Å². The van der Waals surface area contributed by atoms with Crippen LogP contribution in [0.5, 0.6) is 5.75 Å². The van der Waals surface area contributed by atoms with Crippen LogP contribution in [0.1, 0.15) is 48.1 Å². The second-order valence-corrected chi connectivity index (χ2v) is 14.2. The predicted molar refractivity (Wildman–Crippen MR) is 210 cm³/mol. The molecule has 6 rings (SSSR count). The van der Waals surface area contributed by atoms with Gasteiger partial charge in [-0.15, -0.1) is 0 Å². The first kappa shape index (κ1) is 38.0. The molecule has 0 radical (unpaired) electrons. The molecule has 0 saturated carbocycles. The SMILES string of the molecule is CC(C)CN(CC(OCc1ccccc1)C(=O)Oc1ccc2c(c1)CCC2)C(=O)N[C@@H](Cc1ccc(-c2ccccc2)cc1)C(=O)OCc1ccccc1. The molecule has 0 saturated heterocycles. The van der Waals surface area contributed by atoms with Crippen LogP contribution in [0.4, 0.5) is 4.79 Å². The van der Waals surface area contributed by atoms with Crippen LogP contribution in [0, 0.1) is 5.92 Å². The fourth-order valence-corrected chi connectivity index (χ4v) is 6.60. The molecule has 278 valence electrons. The summed E-state index contributed by atoms with van der Waals surface area (Å²) in [4.78, 5) is 43.3. The van der Waals surface area contributed by atoms with Crippen molar-refractivity contribution in [1.29, 1.82) is 0 Å². The lowest BCUT2D eigenvalue weighted by Gasteiger charge is -2.30. The number of rotatable bonds is 16. The first-order chi connectivity index (χ1) is 26.3. The van der Waals surface area contributed by atoms with Gasteiger partial charge >= 0.3 is 18.0 Å². The van der Waals surface area contributed by atoms with E-state index in [1.165, 1.54) is 16.0 Å². The smallest absolute Gasteiger partial charge is 0.342 e. The third-order valence-corrected chi connectivity index (χ3v) is 9.41. The predicted octanol–water partition coefficient (Wildman–Crippen LogP) is 8.36. The van der Waals surface area contributed by atoms with Gasteiger partial charge in [0.2, 0.25) is 0 Å². The molecular formula is C46H48N2O6. The van der Waals surface area contributed by atoms with Crippen molar-refractivity contribution in [2.24, 2.45) is 5.92 Å². The zero-order valence-electron chi connectivity index (χ0n) is 31.0. The average Bonchev–Trinajstić information content (AvgIpc) is 3.67.